The third-order valence-electron chi connectivity index (χ3n) is 6.40. The zero-order valence-corrected chi connectivity index (χ0v) is 16.9. The first-order valence-electron chi connectivity index (χ1n) is 9.87. The van der Waals surface area contributed by atoms with Gasteiger partial charge in [0.15, 0.2) is 0 Å². The lowest BCUT2D eigenvalue weighted by Gasteiger charge is -2.51. The van der Waals surface area contributed by atoms with Gasteiger partial charge in [0.2, 0.25) is 5.91 Å². The van der Waals surface area contributed by atoms with E-state index in [0.717, 1.165) is 12.3 Å². The van der Waals surface area contributed by atoms with Crippen LogP contribution < -0.4 is 4.74 Å². The van der Waals surface area contributed by atoms with Crippen LogP contribution in [0.1, 0.15) is 38.2 Å². The molecule has 0 saturated carbocycles. The second-order valence-electron chi connectivity index (χ2n) is 8.14. The van der Waals surface area contributed by atoms with E-state index in [2.05, 4.69) is 47.9 Å². The van der Waals surface area contributed by atoms with Crippen LogP contribution in [0.4, 0.5) is 0 Å². The van der Waals surface area contributed by atoms with Gasteiger partial charge >= 0.3 is 0 Å². The van der Waals surface area contributed by atoms with Gasteiger partial charge in [0.05, 0.1) is 18.9 Å². The first kappa shape index (κ1) is 18.2. The maximum absolute atomic E-state index is 13.0. The quantitative estimate of drug-likeness (QED) is 0.792. The summed E-state index contributed by atoms with van der Waals surface area (Å²) in [6.45, 7) is 7.59. The Morgan fingerprint density at radius 2 is 1.88 bits per heavy atom. The molecule has 4 nitrogen and oxygen atoms in total. The second kappa shape index (κ2) is 7.43. The number of methoxy groups -OCH3 is 1. The fraction of sp³-hybridized carbons (Fsp3) is 0.667. The monoisotopic (exact) mass is 374 g/mol. The molecular weight excluding hydrogens is 344 g/mol. The Bertz CT molecular complexity index is 640. The molecule has 3 atom stereocenters. The van der Waals surface area contributed by atoms with Gasteiger partial charge in [-0.15, -0.1) is 11.8 Å². The van der Waals surface area contributed by atoms with Crippen molar-refractivity contribution in [3.63, 3.8) is 0 Å². The summed E-state index contributed by atoms with van der Waals surface area (Å²) in [6.07, 6.45) is 2.50. The predicted octanol–water partition coefficient (Wildman–Crippen LogP) is 3.23. The number of benzene rings is 1. The van der Waals surface area contributed by atoms with Gasteiger partial charge in [-0.2, -0.15) is 0 Å². The molecule has 4 aliphatic rings. The van der Waals surface area contributed by atoms with Crippen molar-refractivity contribution in [2.24, 2.45) is 5.92 Å². The number of hydrogen-bond donors (Lipinski definition) is 0. The van der Waals surface area contributed by atoms with Crippen LogP contribution in [0, 0.1) is 5.92 Å². The van der Waals surface area contributed by atoms with Gasteiger partial charge < -0.3 is 9.64 Å². The highest BCUT2D eigenvalue weighted by atomic mass is 32.2. The number of amides is 1. The topological polar surface area (TPSA) is 32.8 Å². The van der Waals surface area contributed by atoms with Crippen LogP contribution in [0.15, 0.2) is 24.3 Å². The van der Waals surface area contributed by atoms with Crippen molar-refractivity contribution in [1.29, 1.82) is 0 Å². The van der Waals surface area contributed by atoms with E-state index in [9.17, 15) is 4.79 Å². The van der Waals surface area contributed by atoms with Gasteiger partial charge in [0.1, 0.15) is 5.75 Å². The fourth-order valence-electron chi connectivity index (χ4n) is 5.17. The van der Waals surface area contributed by atoms with Gasteiger partial charge in [-0.25, -0.2) is 0 Å². The molecule has 5 heteroatoms. The standard InChI is InChI=1S/C21H30N2O2S/c1-14(2)26-13-19(24)23-12-18(15-4-6-17(25-3)7-5-15)21-20(23)16-8-10-22(21)11-9-16/h4-7,14,16,18,20-21H,8-13H2,1-3H3/t18-,20+,21+/m1/s1. The van der Waals surface area contributed by atoms with Gasteiger partial charge in [-0.05, 0) is 54.8 Å². The van der Waals surface area contributed by atoms with Gasteiger partial charge in [-0.3, -0.25) is 9.69 Å². The molecule has 0 spiro atoms. The number of piperidine rings is 3. The Morgan fingerprint density at radius 1 is 1.19 bits per heavy atom. The number of likely N-dealkylation sites (tertiary alicyclic amines) is 1. The van der Waals surface area contributed by atoms with E-state index in [1.807, 2.05) is 0 Å². The molecule has 0 aromatic heterocycles. The third-order valence-corrected chi connectivity index (χ3v) is 7.48. The number of carbonyl (C=O) groups is 1. The molecule has 26 heavy (non-hydrogen) atoms. The molecule has 142 valence electrons. The zero-order valence-electron chi connectivity index (χ0n) is 16.1. The summed E-state index contributed by atoms with van der Waals surface area (Å²) < 4.78 is 5.32. The van der Waals surface area contributed by atoms with Crippen LogP contribution in [-0.4, -0.2) is 65.5 Å². The van der Waals surface area contributed by atoms with E-state index in [0.29, 0.717) is 40.8 Å². The van der Waals surface area contributed by atoms with Crippen molar-refractivity contribution in [3.05, 3.63) is 29.8 Å². The van der Waals surface area contributed by atoms with Crippen LogP contribution in [0.3, 0.4) is 0 Å². The molecule has 4 aliphatic heterocycles. The SMILES string of the molecule is COc1ccc([C@H]2CN(C(=O)CSC(C)C)[C@H]3C4CCN(CC4)[C@@H]23)cc1. The van der Waals surface area contributed by atoms with Crippen molar-refractivity contribution in [2.75, 3.05) is 32.5 Å². The lowest BCUT2D eigenvalue weighted by Crippen LogP contribution is -2.60. The molecule has 4 heterocycles. The predicted molar refractivity (Wildman–Crippen MR) is 107 cm³/mol. The maximum atomic E-state index is 13.0. The summed E-state index contributed by atoms with van der Waals surface area (Å²) in [4.78, 5) is 17.9. The van der Waals surface area contributed by atoms with Gasteiger partial charge in [0, 0.05) is 18.5 Å². The Morgan fingerprint density at radius 3 is 2.50 bits per heavy atom. The number of thioether (sulfide) groups is 1. The number of nitrogens with zero attached hydrogens (tertiary/aromatic N) is 2. The average molecular weight is 375 g/mol. The molecule has 0 aliphatic carbocycles. The van der Waals surface area contributed by atoms with E-state index in [1.165, 1.54) is 31.5 Å². The first-order valence-corrected chi connectivity index (χ1v) is 10.9. The van der Waals surface area contributed by atoms with Crippen molar-refractivity contribution in [2.45, 2.75) is 49.9 Å². The summed E-state index contributed by atoms with van der Waals surface area (Å²) in [5.41, 5.74) is 1.35. The number of hydrogen-bond acceptors (Lipinski definition) is 4. The Kier molecular flexibility index (Phi) is 5.20. The molecule has 5 rings (SSSR count). The van der Waals surface area contributed by atoms with E-state index < -0.39 is 0 Å². The minimum Gasteiger partial charge on any atom is -0.497 e. The van der Waals surface area contributed by atoms with Crippen LogP contribution >= 0.6 is 11.8 Å². The van der Waals surface area contributed by atoms with E-state index in [-0.39, 0.29) is 0 Å². The number of rotatable bonds is 5. The summed E-state index contributed by atoms with van der Waals surface area (Å²) in [5.74, 6) is 2.95. The average Bonchev–Trinajstić information content (AvgIpc) is 3.10. The first-order chi connectivity index (χ1) is 12.6. The maximum Gasteiger partial charge on any atom is 0.232 e. The van der Waals surface area contributed by atoms with Crippen molar-refractivity contribution in [1.82, 2.24) is 9.80 Å². The van der Waals surface area contributed by atoms with E-state index in [1.54, 1.807) is 18.9 Å². The fourth-order valence-corrected chi connectivity index (χ4v) is 5.81. The minimum atomic E-state index is 0.337. The number of carbonyl (C=O) groups excluding carboxylic acids is 1. The van der Waals surface area contributed by atoms with Crippen LogP contribution in [0.25, 0.3) is 0 Å². The molecule has 1 amide bonds. The van der Waals surface area contributed by atoms with Crippen LogP contribution in [0.2, 0.25) is 0 Å². The van der Waals surface area contributed by atoms with E-state index >= 15 is 0 Å². The highest BCUT2D eigenvalue weighted by Gasteiger charge is 2.54. The zero-order chi connectivity index (χ0) is 18.3. The minimum absolute atomic E-state index is 0.337. The Labute approximate surface area is 161 Å². The normalized spacial score (nSPS) is 32.8. The number of fused-ring (bicyclic) bond motifs is 2. The largest absolute Gasteiger partial charge is 0.497 e. The highest BCUT2D eigenvalue weighted by molar-refractivity contribution is 8.00. The Balaban J connectivity index is 1.60. The summed E-state index contributed by atoms with van der Waals surface area (Å²) in [6, 6.07) is 9.40. The van der Waals surface area contributed by atoms with E-state index in [4.69, 9.17) is 4.74 Å². The summed E-state index contributed by atoms with van der Waals surface area (Å²) in [5, 5.41) is 0.501. The van der Waals surface area contributed by atoms with Crippen molar-refractivity contribution < 1.29 is 9.53 Å². The highest BCUT2D eigenvalue weighted by Crippen LogP contribution is 2.46. The molecular formula is C21H30N2O2S. The second-order valence-corrected chi connectivity index (χ2v) is 9.70. The summed E-state index contributed by atoms with van der Waals surface area (Å²) in [7, 11) is 1.71. The van der Waals surface area contributed by atoms with Crippen molar-refractivity contribution >= 4 is 17.7 Å². The Hall–Kier alpha value is -1.20. The molecule has 0 unspecified atom stereocenters. The molecule has 1 aromatic carbocycles. The molecule has 0 N–H and O–H groups in total. The molecule has 4 saturated heterocycles. The van der Waals surface area contributed by atoms with Crippen LogP contribution in [0.5, 0.6) is 5.75 Å². The van der Waals surface area contributed by atoms with Gasteiger partial charge in [-0.1, -0.05) is 26.0 Å². The smallest absolute Gasteiger partial charge is 0.232 e. The molecule has 1 aromatic rings. The molecule has 4 fully saturated rings. The molecule has 2 bridgehead atoms. The molecule has 0 radical (unpaired) electrons. The third kappa shape index (κ3) is 3.24. The lowest BCUT2D eigenvalue weighted by atomic mass is 9.75. The van der Waals surface area contributed by atoms with Crippen molar-refractivity contribution in [3.8, 4) is 5.75 Å². The lowest BCUT2D eigenvalue weighted by molar-refractivity contribution is -0.133. The summed E-state index contributed by atoms with van der Waals surface area (Å²) >= 11 is 1.77. The van der Waals surface area contributed by atoms with Crippen LogP contribution in [-0.2, 0) is 4.79 Å². The van der Waals surface area contributed by atoms with Gasteiger partial charge in [0.25, 0.3) is 0 Å². The number of ether oxygens (including phenoxy) is 1.